The van der Waals surface area contributed by atoms with Crippen LogP contribution in [0.15, 0.2) is 47.8 Å². The summed E-state index contributed by atoms with van der Waals surface area (Å²) in [4.78, 5) is 10.6. The fourth-order valence-electron chi connectivity index (χ4n) is 4.33. The van der Waals surface area contributed by atoms with Gasteiger partial charge in [0.2, 0.25) is 0 Å². The van der Waals surface area contributed by atoms with Crippen molar-refractivity contribution in [3.63, 3.8) is 0 Å². The van der Waals surface area contributed by atoms with Crippen LogP contribution in [0.1, 0.15) is 41.2 Å². The predicted octanol–water partition coefficient (Wildman–Crippen LogP) is 3.48. The molecule has 0 spiro atoms. The molecule has 0 amide bonds. The molecule has 0 saturated carbocycles. The normalized spacial score (nSPS) is 23.3. The van der Waals surface area contributed by atoms with E-state index in [-0.39, 0.29) is 12.1 Å². The summed E-state index contributed by atoms with van der Waals surface area (Å²) in [5, 5.41) is 17.0. The van der Waals surface area contributed by atoms with Crippen LogP contribution in [0, 0.1) is 23.2 Å². The first kappa shape index (κ1) is 20.8. The molecule has 0 bridgehead atoms. The molecule has 1 fully saturated rings. The van der Waals surface area contributed by atoms with Crippen molar-refractivity contribution in [1.29, 1.82) is 5.26 Å². The van der Waals surface area contributed by atoms with Crippen molar-refractivity contribution in [3.8, 4) is 11.8 Å². The number of ether oxygens (including phenoxy) is 1. The van der Waals surface area contributed by atoms with E-state index in [1.165, 1.54) is 16.5 Å². The van der Waals surface area contributed by atoms with Gasteiger partial charge in [0.15, 0.2) is 5.34 Å². The van der Waals surface area contributed by atoms with Crippen molar-refractivity contribution in [2.75, 3.05) is 13.1 Å². The van der Waals surface area contributed by atoms with Crippen molar-refractivity contribution in [3.05, 3.63) is 69.6 Å². The van der Waals surface area contributed by atoms with E-state index in [2.05, 4.69) is 35.2 Å². The second-order valence-electron chi connectivity index (χ2n) is 7.58. The highest BCUT2D eigenvalue weighted by Gasteiger charge is 2.39. The average Bonchev–Trinajstić information content (AvgIpc) is 3.09. The minimum Gasteiger partial charge on any atom is -0.484 e. The Bertz CT molecular complexity index is 896. The van der Waals surface area contributed by atoms with Crippen LogP contribution in [0.25, 0.3) is 0 Å². The number of hydrogen-bond donors (Lipinski definition) is 2. The van der Waals surface area contributed by atoms with Gasteiger partial charge in [-0.3, -0.25) is 4.90 Å². The number of likely N-dealkylation sites (tertiary alicyclic amines) is 1. The number of piperidine rings is 1. The Balaban J connectivity index is 0.000000755. The minimum absolute atomic E-state index is 0.00290. The molecule has 3 N–H and O–H groups in total. The van der Waals surface area contributed by atoms with Crippen LogP contribution in [0.4, 0.5) is 0 Å². The van der Waals surface area contributed by atoms with Crippen LogP contribution in [0.5, 0.6) is 5.75 Å². The van der Waals surface area contributed by atoms with Gasteiger partial charge in [0.25, 0.3) is 0 Å². The summed E-state index contributed by atoms with van der Waals surface area (Å²) in [6, 6.07) is 17.0. The second kappa shape index (κ2) is 9.50. The molecule has 2 aromatic carbocycles. The van der Waals surface area contributed by atoms with E-state index < -0.39 is 0 Å². The highest BCUT2D eigenvalue weighted by molar-refractivity contribution is 5.43. The molecule has 3 atom stereocenters. The van der Waals surface area contributed by atoms with Crippen LogP contribution in [-0.4, -0.2) is 35.3 Å². The highest BCUT2D eigenvalue weighted by Crippen LogP contribution is 2.39. The second-order valence-corrected chi connectivity index (χ2v) is 7.58. The molecule has 1 aliphatic heterocycles. The van der Waals surface area contributed by atoms with Gasteiger partial charge in [-0.1, -0.05) is 24.3 Å². The maximum atomic E-state index is 9.10. The lowest BCUT2D eigenvalue weighted by Crippen LogP contribution is -2.49. The average molecular weight is 394 g/mol. The van der Waals surface area contributed by atoms with Gasteiger partial charge in [0.1, 0.15) is 11.9 Å². The Morgan fingerprint density at radius 3 is 2.76 bits per heavy atom. The first-order valence-electron chi connectivity index (χ1n) is 9.79. The van der Waals surface area contributed by atoms with Crippen LogP contribution < -0.4 is 10.5 Å². The van der Waals surface area contributed by atoms with Gasteiger partial charge in [0, 0.05) is 12.6 Å². The summed E-state index contributed by atoms with van der Waals surface area (Å²) >= 11 is 0. The fraction of sp³-hybridized carbons (Fsp3) is 0.409. The van der Waals surface area contributed by atoms with Gasteiger partial charge in [-0.15, -0.1) is 4.91 Å². The van der Waals surface area contributed by atoms with Crippen molar-refractivity contribution in [1.82, 2.24) is 4.90 Å². The monoisotopic (exact) mass is 394 g/mol. The number of fused-ring (bicyclic) bond motifs is 1. The Labute approximate surface area is 170 Å². The first-order chi connectivity index (χ1) is 14.1. The number of benzene rings is 2. The zero-order chi connectivity index (χ0) is 20.8. The molecule has 4 rings (SSSR count). The van der Waals surface area contributed by atoms with E-state index in [9.17, 15) is 0 Å². The standard InChI is InChI=1S/C22H25N3O.HNO2/c1-15-11-16(13-23)8-9-21(15)26-22-19-7-3-2-5-17(19)12-20(22)25-10-4-6-18(24)14-25;2-1-3/h2-3,5,7-9,11,18,20,22H,4,6,10,12,14,24H2,1H3;(H,2,3)/t18?,20-,22?;/m1./s1. The molecular formula is C22H26N4O3. The third-order valence-corrected chi connectivity index (χ3v) is 5.66. The number of nitriles is 1. The maximum Gasteiger partial charge on any atom is 0.152 e. The zero-order valence-corrected chi connectivity index (χ0v) is 16.5. The molecule has 1 heterocycles. The van der Waals surface area contributed by atoms with Crippen LogP contribution in [0.3, 0.4) is 0 Å². The van der Waals surface area contributed by atoms with E-state index in [0.717, 1.165) is 43.7 Å². The maximum absolute atomic E-state index is 9.10. The Kier molecular flexibility index (Phi) is 6.81. The minimum atomic E-state index is 0.00290. The fourth-order valence-corrected chi connectivity index (χ4v) is 4.33. The Morgan fingerprint density at radius 1 is 1.31 bits per heavy atom. The molecule has 1 saturated heterocycles. The van der Waals surface area contributed by atoms with Crippen molar-refractivity contribution >= 4 is 0 Å². The zero-order valence-electron chi connectivity index (χ0n) is 16.5. The Hall–Kier alpha value is -2.95. The largest absolute Gasteiger partial charge is 0.484 e. The van der Waals surface area contributed by atoms with Gasteiger partial charge >= 0.3 is 0 Å². The predicted molar refractivity (Wildman–Crippen MR) is 110 cm³/mol. The van der Waals surface area contributed by atoms with Gasteiger partial charge in [-0.05, 0) is 67.6 Å². The number of nitrogens with two attached hydrogens (primary N) is 1. The van der Waals surface area contributed by atoms with E-state index >= 15 is 0 Å². The molecule has 2 aromatic rings. The molecule has 0 aromatic heterocycles. The summed E-state index contributed by atoms with van der Waals surface area (Å²) < 4.78 is 6.54. The molecule has 29 heavy (non-hydrogen) atoms. The van der Waals surface area contributed by atoms with Gasteiger partial charge in [-0.25, -0.2) is 0 Å². The van der Waals surface area contributed by atoms with Gasteiger partial charge in [0.05, 0.1) is 17.7 Å². The smallest absolute Gasteiger partial charge is 0.152 e. The van der Waals surface area contributed by atoms with Crippen molar-refractivity contribution in [2.45, 2.75) is 44.4 Å². The number of aryl methyl sites for hydroxylation is 1. The summed E-state index contributed by atoms with van der Waals surface area (Å²) in [6.45, 7) is 4.02. The van der Waals surface area contributed by atoms with E-state index in [4.69, 9.17) is 25.8 Å². The molecular weight excluding hydrogens is 368 g/mol. The lowest BCUT2D eigenvalue weighted by Gasteiger charge is -2.38. The molecule has 0 radical (unpaired) electrons. The third kappa shape index (κ3) is 4.73. The van der Waals surface area contributed by atoms with E-state index in [1.807, 2.05) is 25.1 Å². The van der Waals surface area contributed by atoms with Crippen molar-refractivity contribution < 1.29 is 9.94 Å². The number of hydrogen-bond acceptors (Lipinski definition) is 6. The molecule has 152 valence electrons. The van der Waals surface area contributed by atoms with Crippen molar-refractivity contribution in [2.24, 2.45) is 11.1 Å². The van der Waals surface area contributed by atoms with E-state index in [1.54, 1.807) is 0 Å². The summed E-state index contributed by atoms with van der Waals surface area (Å²) in [5.74, 6) is 0.858. The SMILES string of the molecule is Cc1cc(C#N)ccc1OC1c2ccccc2C[C@H]1N1CCCC(N)C1.O=NO. The van der Waals surface area contributed by atoms with Crippen LogP contribution in [0.2, 0.25) is 0 Å². The highest BCUT2D eigenvalue weighted by atomic mass is 16.6. The third-order valence-electron chi connectivity index (χ3n) is 5.66. The first-order valence-corrected chi connectivity index (χ1v) is 9.79. The number of rotatable bonds is 3. The molecule has 2 unspecified atom stereocenters. The topological polar surface area (TPSA) is 112 Å². The van der Waals surface area contributed by atoms with Crippen LogP contribution in [-0.2, 0) is 6.42 Å². The van der Waals surface area contributed by atoms with Gasteiger partial charge < -0.3 is 15.7 Å². The molecule has 1 aliphatic carbocycles. The molecule has 2 aliphatic rings. The van der Waals surface area contributed by atoms with Gasteiger partial charge in [-0.2, -0.15) is 5.26 Å². The Morgan fingerprint density at radius 2 is 2.07 bits per heavy atom. The molecule has 7 nitrogen and oxygen atoms in total. The summed E-state index contributed by atoms with van der Waals surface area (Å²) in [7, 11) is 0. The summed E-state index contributed by atoms with van der Waals surface area (Å²) in [6.07, 6.45) is 3.26. The van der Waals surface area contributed by atoms with Crippen LogP contribution >= 0.6 is 0 Å². The number of nitrogens with zero attached hydrogens (tertiary/aromatic N) is 3. The lowest BCUT2D eigenvalue weighted by molar-refractivity contribution is 0.0589. The quantitative estimate of drug-likeness (QED) is 0.609. The van der Waals surface area contributed by atoms with E-state index in [0.29, 0.717) is 11.6 Å². The lowest BCUT2D eigenvalue weighted by atomic mass is 10.0. The molecule has 7 heteroatoms. The summed E-state index contributed by atoms with van der Waals surface area (Å²) in [5.41, 5.74) is 10.6.